The Hall–Kier alpha value is -2.56. The zero-order valence-electron chi connectivity index (χ0n) is 16.9. The van der Waals surface area contributed by atoms with E-state index in [1.165, 1.54) is 16.8 Å². The van der Waals surface area contributed by atoms with Crippen molar-refractivity contribution in [1.29, 1.82) is 0 Å². The number of anilines is 2. The van der Waals surface area contributed by atoms with Crippen LogP contribution in [0.15, 0.2) is 36.5 Å². The number of carbonyl (C=O) groups excluding carboxylic acids is 1. The van der Waals surface area contributed by atoms with Gasteiger partial charge in [-0.25, -0.2) is 0 Å². The topological polar surface area (TPSA) is 39.7 Å². The summed E-state index contributed by atoms with van der Waals surface area (Å²) in [6.45, 7) is 13.6. The molecule has 0 atom stereocenters. The van der Waals surface area contributed by atoms with Crippen LogP contribution in [0, 0.1) is 13.8 Å². The summed E-state index contributed by atoms with van der Waals surface area (Å²) >= 11 is 0. The molecule has 0 bridgehead atoms. The van der Waals surface area contributed by atoms with Crippen LogP contribution >= 0.6 is 0 Å². The highest BCUT2D eigenvalue weighted by atomic mass is 16.2. The van der Waals surface area contributed by atoms with Crippen LogP contribution in [-0.2, 0) is 0 Å². The van der Waals surface area contributed by atoms with Crippen molar-refractivity contribution in [2.75, 3.05) is 49.1 Å². The fraction of sp³-hybridized carbons (Fsp3) is 0.455. The van der Waals surface area contributed by atoms with E-state index in [2.05, 4.69) is 60.7 Å². The molecule has 1 aromatic carbocycles. The zero-order valence-corrected chi connectivity index (χ0v) is 16.9. The summed E-state index contributed by atoms with van der Waals surface area (Å²) in [6, 6.07) is 10.3. The molecular formula is C22H30N4O. The highest BCUT2D eigenvalue weighted by Crippen LogP contribution is 2.24. The number of aromatic nitrogens is 1. The molecule has 5 nitrogen and oxygen atoms in total. The summed E-state index contributed by atoms with van der Waals surface area (Å²) in [4.78, 5) is 23.8. The number of piperazine rings is 1. The molecule has 2 heterocycles. The molecule has 2 aromatic rings. The quantitative estimate of drug-likeness (QED) is 0.812. The van der Waals surface area contributed by atoms with Gasteiger partial charge in [-0.2, -0.15) is 0 Å². The molecule has 3 rings (SSSR count). The molecule has 1 saturated heterocycles. The number of hydrogen-bond acceptors (Lipinski definition) is 4. The van der Waals surface area contributed by atoms with E-state index in [0.717, 1.165) is 45.0 Å². The molecule has 0 unspecified atom stereocenters. The van der Waals surface area contributed by atoms with Gasteiger partial charge in [0, 0.05) is 56.8 Å². The number of aryl methyl sites for hydroxylation is 1. The Balaban J connectivity index is 1.68. The summed E-state index contributed by atoms with van der Waals surface area (Å²) in [5.74, 6) is 0.0321. The van der Waals surface area contributed by atoms with Crippen LogP contribution in [0.2, 0.25) is 0 Å². The lowest BCUT2D eigenvalue weighted by Crippen LogP contribution is -2.49. The summed E-state index contributed by atoms with van der Waals surface area (Å²) in [6.07, 6.45) is 1.74. The minimum absolute atomic E-state index is 0.0321. The fourth-order valence-electron chi connectivity index (χ4n) is 3.71. The van der Waals surface area contributed by atoms with Gasteiger partial charge in [0.2, 0.25) is 0 Å². The maximum absolute atomic E-state index is 12.9. The van der Waals surface area contributed by atoms with Crippen molar-refractivity contribution < 1.29 is 4.79 Å². The van der Waals surface area contributed by atoms with Gasteiger partial charge in [0.25, 0.3) is 5.91 Å². The average Bonchev–Trinajstić information content (AvgIpc) is 2.71. The molecule has 0 N–H and O–H groups in total. The monoisotopic (exact) mass is 366 g/mol. The molecule has 0 radical (unpaired) electrons. The highest BCUT2D eigenvalue weighted by Gasteiger charge is 2.24. The van der Waals surface area contributed by atoms with Crippen LogP contribution in [0.5, 0.6) is 0 Å². The van der Waals surface area contributed by atoms with Crippen molar-refractivity contribution in [3.63, 3.8) is 0 Å². The van der Waals surface area contributed by atoms with Crippen molar-refractivity contribution in [3.05, 3.63) is 53.3 Å². The van der Waals surface area contributed by atoms with E-state index in [0.29, 0.717) is 5.69 Å². The largest absolute Gasteiger partial charge is 0.372 e. The molecule has 1 aliphatic rings. The first kappa shape index (κ1) is 19.2. The van der Waals surface area contributed by atoms with E-state index in [1.54, 1.807) is 6.20 Å². The maximum atomic E-state index is 12.9. The molecular weight excluding hydrogens is 336 g/mol. The Bertz CT molecular complexity index is 793. The third kappa shape index (κ3) is 4.07. The van der Waals surface area contributed by atoms with E-state index in [9.17, 15) is 4.79 Å². The van der Waals surface area contributed by atoms with Crippen LogP contribution in [0.25, 0.3) is 0 Å². The van der Waals surface area contributed by atoms with Crippen molar-refractivity contribution in [3.8, 4) is 0 Å². The Morgan fingerprint density at radius 2 is 1.78 bits per heavy atom. The molecule has 1 aliphatic heterocycles. The number of rotatable bonds is 5. The van der Waals surface area contributed by atoms with Gasteiger partial charge in [-0.3, -0.25) is 9.78 Å². The first-order chi connectivity index (χ1) is 13.0. The average molecular weight is 367 g/mol. The van der Waals surface area contributed by atoms with Crippen molar-refractivity contribution in [2.45, 2.75) is 27.7 Å². The normalized spacial score (nSPS) is 14.4. The molecule has 1 amide bonds. The Labute approximate surface area is 162 Å². The molecule has 0 saturated carbocycles. The molecule has 5 heteroatoms. The van der Waals surface area contributed by atoms with Crippen molar-refractivity contribution in [1.82, 2.24) is 9.88 Å². The third-order valence-corrected chi connectivity index (χ3v) is 5.57. The smallest absolute Gasteiger partial charge is 0.272 e. The van der Waals surface area contributed by atoms with E-state index in [-0.39, 0.29) is 5.91 Å². The fourth-order valence-corrected chi connectivity index (χ4v) is 3.71. The lowest BCUT2D eigenvalue weighted by atomic mass is 10.1. The summed E-state index contributed by atoms with van der Waals surface area (Å²) in [7, 11) is 0. The number of benzene rings is 1. The van der Waals surface area contributed by atoms with Crippen LogP contribution in [0.3, 0.4) is 0 Å². The summed E-state index contributed by atoms with van der Waals surface area (Å²) < 4.78 is 0. The third-order valence-electron chi connectivity index (χ3n) is 5.57. The van der Waals surface area contributed by atoms with Gasteiger partial charge in [0.05, 0.1) is 0 Å². The van der Waals surface area contributed by atoms with Gasteiger partial charge in [0.1, 0.15) is 5.69 Å². The first-order valence-corrected chi connectivity index (χ1v) is 9.86. The standard InChI is InChI=1S/C22H30N4O/c1-5-24(6-2)19-10-11-23-20(16-19)22(27)26-14-12-25(13-15-26)21-9-7-8-17(3)18(21)4/h7-11,16H,5-6,12-15H2,1-4H3. The molecule has 1 fully saturated rings. The predicted octanol–water partition coefficient (Wildman–Crippen LogP) is 3.51. The van der Waals surface area contributed by atoms with Gasteiger partial charge < -0.3 is 14.7 Å². The molecule has 0 spiro atoms. The lowest BCUT2D eigenvalue weighted by molar-refractivity contribution is 0.0741. The van der Waals surface area contributed by atoms with Gasteiger partial charge in [-0.1, -0.05) is 12.1 Å². The molecule has 27 heavy (non-hydrogen) atoms. The molecule has 1 aromatic heterocycles. The number of hydrogen-bond donors (Lipinski definition) is 0. The second-order valence-corrected chi connectivity index (χ2v) is 7.07. The van der Waals surface area contributed by atoms with E-state index in [1.807, 2.05) is 17.0 Å². The number of amides is 1. The van der Waals surface area contributed by atoms with Crippen LogP contribution in [-0.4, -0.2) is 55.1 Å². The first-order valence-electron chi connectivity index (χ1n) is 9.86. The molecule has 0 aliphatic carbocycles. The van der Waals surface area contributed by atoms with Gasteiger partial charge >= 0.3 is 0 Å². The van der Waals surface area contributed by atoms with Crippen molar-refractivity contribution in [2.24, 2.45) is 0 Å². The summed E-state index contributed by atoms with van der Waals surface area (Å²) in [5.41, 5.74) is 5.52. The Kier molecular flexibility index (Phi) is 5.99. The van der Waals surface area contributed by atoms with E-state index >= 15 is 0 Å². The lowest BCUT2D eigenvalue weighted by Gasteiger charge is -2.37. The van der Waals surface area contributed by atoms with E-state index in [4.69, 9.17) is 0 Å². The van der Waals surface area contributed by atoms with Crippen LogP contribution < -0.4 is 9.80 Å². The zero-order chi connectivity index (χ0) is 19.4. The van der Waals surface area contributed by atoms with Gasteiger partial charge in [-0.05, 0) is 57.0 Å². The van der Waals surface area contributed by atoms with Crippen LogP contribution in [0.1, 0.15) is 35.5 Å². The minimum Gasteiger partial charge on any atom is -0.372 e. The minimum atomic E-state index is 0.0321. The molecule has 144 valence electrons. The number of carbonyl (C=O) groups is 1. The maximum Gasteiger partial charge on any atom is 0.272 e. The Morgan fingerprint density at radius 1 is 1.07 bits per heavy atom. The predicted molar refractivity (Wildman–Crippen MR) is 112 cm³/mol. The second kappa shape index (κ2) is 8.42. The Morgan fingerprint density at radius 3 is 2.44 bits per heavy atom. The summed E-state index contributed by atoms with van der Waals surface area (Å²) in [5, 5.41) is 0. The van der Waals surface area contributed by atoms with Gasteiger partial charge in [0.15, 0.2) is 0 Å². The number of pyridine rings is 1. The SMILES string of the molecule is CCN(CC)c1ccnc(C(=O)N2CCN(c3cccc(C)c3C)CC2)c1. The van der Waals surface area contributed by atoms with Gasteiger partial charge in [-0.15, -0.1) is 0 Å². The van der Waals surface area contributed by atoms with Crippen LogP contribution in [0.4, 0.5) is 11.4 Å². The highest BCUT2D eigenvalue weighted by molar-refractivity contribution is 5.93. The van der Waals surface area contributed by atoms with Crippen molar-refractivity contribution >= 4 is 17.3 Å². The second-order valence-electron chi connectivity index (χ2n) is 7.07. The van der Waals surface area contributed by atoms with E-state index < -0.39 is 0 Å². The number of nitrogens with zero attached hydrogens (tertiary/aromatic N) is 4.